The van der Waals surface area contributed by atoms with Crippen LogP contribution in [0.2, 0.25) is 0 Å². The average Bonchev–Trinajstić information content (AvgIpc) is 2.89. The number of nitrogens with two attached hydrogens (primary N) is 1. The van der Waals surface area contributed by atoms with Gasteiger partial charge in [0.25, 0.3) is 0 Å². The summed E-state index contributed by atoms with van der Waals surface area (Å²) in [6.45, 7) is 24.9. The van der Waals surface area contributed by atoms with Gasteiger partial charge in [-0.3, -0.25) is 4.79 Å². The first-order valence-electron chi connectivity index (χ1n) is 15.7. The third-order valence-corrected chi connectivity index (χ3v) is 5.72. The van der Waals surface area contributed by atoms with Crippen molar-refractivity contribution in [1.29, 1.82) is 0 Å². The van der Waals surface area contributed by atoms with Crippen molar-refractivity contribution in [3.05, 3.63) is 82.5 Å². The predicted molar refractivity (Wildman–Crippen MR) is 183 cm³/mol. The lowest BCUT2D eigenvalue weighted by Crippen LogP contribution is -2.14. The molecule has 0 atom stereocenters. The number of halogens is 3. The fourth-order valence-electron chi connectivity index (χ4n) is 3.10. The first-order chi connectivity index (χ1) is 19.8. The van der Waals surface area contributed by atoms with Gasteiger partial charge in [0, 0.05) is 0 Å². The van der Waals surface area contributed by atoms with Gasteiger partial charge in [0.2, 0.25) is 0 Å². The molecule has 5 heteroatoms. The maximum atomic E-state index is 13.9. The number of carbonyl (C=O) groups is 1. The van der Waals surface area contributed by atoms with Crippen molar-refractivity contribution in [3.63, 3.8) is 0 Å². The van der Waals surface area contributed by atoms with E-state index in [-0.39, 0.29) is 12.3 Å². The second-order valence-corrected chi connectivity index (χ2v) is 9.95. The smallest absolute Gasteiger partial charge is 0.324 e. The van der Waals surface area contributed by atoms with E-state index in [4.69, 9.17) is 5.73 Å². The minimum absolute atomic E-state index is 0.0324. The Labute approximate surface area is 258 Å². The molecule has 1 saturated carbocycles. The summed E-state index contributed by atoms with van der Waals surface area (Å²) in [4.78, 5) is 9.69. The molecule has 0 aromatic heterocycles. The van der Waals surface area contributed by atoms with Crippen LogP contribution in [0.25, 0.3) is 0 Å². The quantitative estimate of drug-likeness (QED) is 0.191. The number of alkyl halides is 3. The highest BCUT2D eigenvalue weighted by atomic mass is 19.4. The Morgan fingerprint density at radius 3 is 1.57 bits per heavy atom. The summed E-state index contributed by atoms with van der Waals surface area (Å²) >= 11 is 0. The first kappa shape index (κ1) is 46.6. The maximum Gasteiger partial charge on any atom is 0.416 e. The Bertz CT molecular complexity index is 869. The maximum absolute atomic E-state index is 13.9. The highest BCUT2D eigenvalue weighted by molar-refractivity contribution is 5.77. The van der Waals surface area contributed by atoms with E-state index in [0.717, 1.165) is 24.8 Å². The Balaban J connectivity index is -0.000000390. The SMILES string of the molecule is C/C=C\C.C1CCC1.C=C(C)\C=C/C(=C(CCC)/C(=C/C=C(/C)CCC)C(/C)=C\CC)C(F)(F)F.CC.CC(=O)CN. The van der Waals surface area contributed by atoms with Gasteiger partial charge >= 0.3 is 6.18 Å². The van der Waals surface area contributed by atoms with Crippen LogP contribution in [0.15, 0.2) is 82.5 Å². The summed E-state index contributed by atoms with van der Waals surface area (Å²) in [6, 6.07) is 0. The van der Waals surface area contributed by atoms with Gasteiger partial charge in [-0.15, -0.1) is 0 Å². The molecule has 0 aliphatic heterocycles. The average molecular weight is 596 g/mol. The summed E-state index contributed by atoms with van der Waals surface area (Å²) in [5.74, 6) is 0.0324. The van der Waals surface area contributed by atoms with E-state index in [1.165, 1.54) is 50.3 Å². The van der Waals surface area contributed by atoms with Gasteiger partial charge in [-0.25, -0.2) is 0 Å². The molecule has 0 spiro atoms. The molecular formula is C37H64F3NO. The molecule has 1 aliphatic rings. The largest absolute Gasteiger partial charge is 0.416 e. The van der Waals surface area contributed by atoms with Crippen LogP contribution >= 0.6 is 0 Å². The summed E-state index contributed by atoms with van der Waals surface area (Å²) in [7, 11) is 0. The Kier molecular flexibility index (Phi) is 35.0. The van der Waals surface area contributed by atoms with E-state index >= 15 is 0 Å². The number of allylic oxidation sites excluding steroid dienone is 13. The van der Waals surface area contributed by atoms with Crippen LogP contribution in [0.5, 0.6) is 0 Å². The van der Waals surface area contributed by atoms with Crippen LogP contribution < -0.4 is 5.73 Å². The van der Waals surface area contributed by atoms with E-state index in [0.29, 0.717) is 29.6 Å². The number of Topliss-reactive ketones (excluding diaryl/α,β-unsaturated/α-hetero) is 1. The molecule has 244 valence electrons. The molecule has 1 rings (SSSR count). The number of hydrogen-bond acceptors (Lipinski definition) is 2. The summed E-state index contributed by atoms with van der Waals surface area (Å²) in [6.07, 6.45) is 17.7. The molecule has 0 aromatic carbocycles. The second-order valence-electron chi connectivity index (χ2n) is 9.95. The van der Waals surface area contributed by atoms with E-state index in [9.17, 15) is 18.0 Å². The molecular weight excluding hydrogens is 531 g/mol. The summed E-state index contributed by atoms with van der Waals surface area (Å²) < 4.78 is 41.6. The van der Waals surface area contributed by atoms with Crippen LogP contribution in [0, 0.1) is 0 Å². The number of hydrogen-bond donors (Lipinski definition) is 1. The van der Waals surface area contributed by atoms with Gasteiger partial charge in [-0.1, -0.05) is 127 Å². The third kappa shape index (κ3) is 29.1. The van der Waals surface area contributed by atoms with Gasteiger partial charge in [0.1, 0.15) is 5.78 Å². The summed E-state index contributed by atoms with van der Waals surface area (Å²) in [5.41, 5.74) is 7.91. The highest BCUT2D eigenvalue weighted by Gasteiger charge is 2.35. The number of rotatable bonds is 11. The van der Waals surface area contributed by atoms with Crippen molar-refractivity contribution in [1.82, 2.24) is 0 Å². The molecule has 0 unspecified atom stereocenters. The molecule has 1 fully saturated rings. The predicted octanol–water partition coefficient (Wildman–Crippen LogP) is 12.5. The molecule has 0 bridgehead atoms. The molecule has 0 heterocycles. The minimum atomic E-state index is -4.41. The molecule has 2 nitrogen and oxygen atoms in total. The topological polar surface area (TPSA) is 43.1 Å². The molecule has 1 aliphatic carbocycles. The number of ketones is 1. The Morgan fingerprint density at radius 1 is 0.833 bits per heavy atom. The van der Waals surface area contributed by atoms with Crippen molar-refractivity contribution in [2.75, 3.05) is 6.54 Å². The first-order valence-corrected chi connectivity index (χ1v) is 15.7. The van der Waals surface area contributed by atoms with Gasteiger partial charge < -0.3 is 5.73 Å². The fourth-order valence-corrected chi connectivity index (χ4v) is 3.10. The molecule has 2 N–H and O–H groups in total. The zero-order chi connectivity index (χ0) is 33.6. The highest BCUT2D eigenvalue weighted by Crippen LogP contribution is 2.37. The van der Waals surface area contributed by atoms with Crippen LogP contribution in [0.4, 0.5) is 13.2 Å². The zero-order valence-electron chi connectivity index (χ0n) is 28.9. The van der Waals surface area contributed by atoms with Crippen LogP contribution in [-0.4, -0.2) is 18.5 Å². The van der Waals surface area contributed by atoms with Gasteiger partial charge in [-0.2, -0.15) is 13.2 Å². The second kappa shape index (κ2) is 31.5. The van der Waals surface area contributed by atoms with Gasteiger partial charge in [-0.05, 0) is 83.6 Å². The van der Waals surface area contributed by atoms with Crippen molar-refractivity contribution in [3.8, 4) is 0 Å². The van der Waals surface area contributed by atoms with E-state index in [2.05, 4.69) is 13.5 Å². The Morgan fingerprint density at radius 2 is 1.29 bits per heavy atom. The lowest BCUT2D eigenvalue weighted by atomic mass is 9.89. The molecule has 0 saturated heterocycles. The monoisotopic (exact) mass is 595 g/mol. The molecule has 0 aromatic rings. The van der Waals surface area contributed by atoms with Crippen molar-refractivity contribution in [2.24, 2.45) is 5.73 Å². The van der Waals surface area contributed by atoms with Crippen molar-refractivity contribution in [2.45, 2.75) is 140 Å². The van der Waals surface area contributed by atoms with Crippen LogP contribution in [0.1, 0.15) is 134 Å². The lowest BCUT2D eigenvalue weighted by molar-refractivity contribution is -0.115. The van der Waals surface area contributed by atoms with Crippen molar-refractivity contribution < 1.29 is 18.0 Å². The van der Waals surface area contributed by atoms with Gasteiger partial charge in [0.15, 0.2) is 0 Å². The Hall–Kier alpha value is -2.40. The third-order valence-electron chi connectivity index (χ3n) is 5.72. The molecule has 42 heavy (non-hydrogen) atoms. The molecule has 0 radical (unpaired) electrons. The summed E-state index contributed by atoms with van der Waals surface area (Å²) in [5, 5.41) is 0. The number of carbonyl (C=O) groups excluding carboxylic acids is 1. The van der Waals surface area contributed by atoms with E-state index in [1.807, 2.05) is 85.8 Å². The van der Waals surface area contributed by atoms with Crippen LogP contribution in [-0.2, 0) is 4.79 Å². The minimum Gasteiger partial charge on any atom is -0.324 e. The standard InChI is InChI=1S/C24H35F3.2C4H8.C3H7NO.C2H6/c1-8-11-19(6)15-16-21(20(7)12-9-2)22(13-10-3)23(24(25,26)27)17-14-18(4)5;1-2-4-3-1;1-3-4-2;1-3(5)2-4;1-2/h12,14-17H,4,8-11,13H2,1-3,5-7H3;1-4H2;3-4H,1-2H3;2,4H2,1H3;1-2H3/b17-14-,19-15-,20-12-,21-16+,23-22-;;4-3-;;. The normalized spacial score (nSPS) is 14.1. The fraction of sp³-hybridized carbons (Fsp3) is 0.595. The van der Waals surface area contributed by atoms with Crippen molar-refractivity contribution >= 4 is 5.78 Å². The van der Waals surface area contributed by atoms with E-state index < -0.39 is 11.7 Å². The zero-order valence-corrected chi connectivity index (χ0v) is 28.9. The van der Waals surface area contributed by atoms with Gasteiger partial charge in [0.05, 0.1) is 12.1 Å². The lowest BCUT2D eigenvalue weighted by Gasteiger charge is -2.19. The molecule has 0 amide bonds. The van der Waals surface area contributed by atoms with E-state index in [1.54, 1.807) is 6.92 Å². The van der Waals surface area contributed by atoms with Crippen LogP contribution in [0.3, 0.4) is 0 Å².